The van der Waals surface area contributed by atoms with E-state index in [1.165, 1.54) is 12.1 Å². The zero-order valence-electron chi connectivity index (χ0n) is 18.4. The number of nitrogens with zero attached hydrogens (tertiary/aromatic N) is 3. The summed E-state index contributed by atoms with van der Waals surface area (Å²) < 4.78 is 24.3. The fraction of sp³-hybridized carbons (Fsp3) is 0.455. The molecule has 2 rings (SSSR count). The Labute approximate surface area is 201 Å². The lowest BCUT2D eigenvalue weighted by Crippen LogP contribution is -2.41. The van der Waals surface area contributed by atoms with Crippen LogP contribution in [0.2, 0.25) is 0 Å². The summed E-state index contributed by atoms with van der Waals surface area (Å²) in [6.45, 7) is 6.60. The van der Waals surface area contributed by atoms with E-state index in [9.17, 15) is 4.39 Å². The molecular formula is C22H33FIN5O2. The maximum Gasteiger partial charge on any atom is 0.224 e. The Morgan fingerprint density at radius 2 is 2.03 bits per heavy atom. The number of methoxy groups -OCH3 is 1. The third-order valence-corrected chi connectivity index (χ3v) is 4.29. The van der Waals surface area contributed by atoms with Crippen molar-refractivity contribution in [3.8, 4) is 11.6 Å². The molecule has 7 nitrogen and oxygen atoms in total. The molecule has 0 saturated carbocycles. The van der Waals surface area contributed by atoms with Gasteiger partial charge in [0.1, 0.15) is 11.6 Å². The fourth-order valence-electron chi connectivity index (χ4n) is 2.74. The molecular weight excluding hydrogens is 512 g/mol. The summed E-state index contributed by atoms with van der Waals surface area (Å²) in [5.74, 6) is 1.19. The topological polar surface area (TPSA) is 71.0 Å². The smallest absolute Gasteiger partial charge is 0.224 e. The van der Waals surface area contributed by atoms with Crippen molar-refractivity contribution in [3.63, 3.8) is 0 Å². The number of nitrogens with one attached hydrogen (secondary N) is 2. The van der Waals surface area contributed by atoms with Crippen LogP contribution in [0.25, 0.3) is 0 Å². The Morgan fingerprint density at radius 1 is 1.19 bits per heavy atom. The van der Waals surface area contributed by atoms with Crippen molar-refractivity contribution >= 4 is 29.9 Å². The molecule has 0 amide bonds. The molecule has 0 fully saturated rings. The Morgan fingerprint density at radius 3 is 2.77 bits per heavy atom. The number of likely N-dealkylation sites (N-methyl/N-ethyl adjacent to an activating group) is 1. The van der Waals surface area contributed by atoms with Gasteiger partial charge in [0, 0.05) is 57.7 Å². The van der Waals surface area contributed by atoms with Crippen LogP contribution in [-0.2, 0) is 11.3 Å². The Bertz CT molecular complexity index is 794. The van der Waals surface area contributed by atoms with E-state index in [0.29, 0.717) is 18.2 Å². The lowest BCUT2D eigenvalue weighted by atomic mass is 10.2. The molecule has 0 aliphatic heterocycles. The van der Waals surface area contributed by atoms with E-state index in [4.69, 9.17) is 9.47 Å². The molecule has 172 valence electrons. The number of guanidine groups is 1. The van der Waals surface area contributed by atoms with E-state index in [1.54, 1.807) is 25.4 Å². The molecule has 0 saturated heterocycles. The maximum absolute atomic E-state index is 13.4. The van der Waals surface area contributed by atoms with Gasteiger partial charge in [-0.1, -0.05) is 12.1 Å². The number of ether oxygens (including phenoxy) is 2. The first-order valence-corrected chi connectivity index (χ1v) is 10.2. The summed E-state index contributed by atoms with van der Waals surface area (Å²) in [4.78, 5) is 11.2. The van der Waals surface area contributed by atoms with E-state index in [1.807, 2.05) is 19.1 Å². The first kappa shape index (κ1) is 27.1. The summed E-state index contributed by atoms with van der Waals surface area (Å²) in [5, 5.41) is 6.59. The molecule has 1 heterocycles. The summed E-state index contributed by atoms with van der Waals surface area (Å²) in [7, 11) is 3.81. The standard InChI is InChI=1S/C22H32FN5O2.HI/c1-4-24-22(26-12-14-28(2)13-7-15-29-3)27-17-18-8-6-11-25-21(18)30-20-10-5-9-19(23)16-20;/h5-6,8-11,16H,4,7,12-15,17H2,1-3H3,(H2,24,26,27);1H. The minimum absolute atomic E-state index is 0. The summed E-state index contributed by atoms with van der Waals surface area (Å²) >= 11 is 0. The van der Waals surface area contributed by atoms with Crippen LogP contribution in [0.1, 0.15) is 18.9 Å². The van der Waals surface area contributed by atoms with Gasteiger partial charge in [-0.2, -0.15) is 0 Å². The number of benzene rings is 1. The molecule has 0 atom stereocenters. The number of halogens is 2. The molecule has 0 aliphatic rings. The molecule has 2 N–H and O–H groups in total. The zero-order chi connectivity index (χ0) is 21.6. The van der Waals surface area contributed by atoms with E-state index < -0.39 is 0 Å². The lowest BCUT2D eigenvalue weighted by molar-refractivity contribution is 0.180. The van der Waals surface area contributed by atoms with Crippen LogP contribution in [0.3, 0.4) is 0 Å². The third-order valence-electron chi connectivity index (χ3n) is 4.29. The van der Waals surface area contributed by atoms with Gasteiger partial charge in [0.2, 0.25) is 5.88 Å². The SMILES string of the molecule is CCNC(=NCc1cccnc1Oc1cccc(F)c1)NCCN(C)CCCOC.I. The van der Waals surface area contributed by atoms with Crippen LogP contribution in [-0.4, -0.2) is 62.8 Å². The molecule has 1 aromatic heterocycles. The third kappa shape index (κ3) is 10.7. The van der Waals surface area contributed by atoms with Crippen LogP contribution in [0.5, 0.6) is 11.6 Å². The monoisotopic (exact) mass is 545 g/mol. The van der Waals surface area contributed by atoms with Gasteiger partial charge in [-0.25, -0.2) is 14.4 Å². The highest BCUT2D eigenvalue weighted by atomic mass is 127. The van der Waals surface area contributed by atoms with Gasteiger partial charge < -0.3 is 25.0 Å². The van der Waals surface area contributed by atoms with Gasteiger partial charge >= 0.3 is 0 Å². The first-order chi connectivity index (χ1) is 14.6. The molecule has 0 radical (unpaired) electrons. The summed E-state index contributed by atoms with van der Waals surface area (Å²) in [6, 6.07) is 9.73. The van der Waals surface area contributed by atoms with Crippen molar-refractivity contribution in [3.05, 3.63) is 54.0 Å². The molecule has 0 unspecified atom stereocenters. The second-order valence-corrected chi connectivity index (χ2v) is 6.80. The predicted molar refractivity (Wildman–Crippen MR) is 133 cm³/mol. The van der Waals surface area contributed by atoms with Crippen LogP contribution >= 0.6 is 24.0 Å². The number of pyridine rings is 1. The van der Waals surface area contributed by atoms with Gasteiger partial charge in [0.25, 0.3) is 0 Å². The van der Waals surface area contributed by atoms with Crippen molar-refractivity contribution in [2.75, 3.05) is 46.9 Å². The van der Waals surface area contributed by atoms with Crippen molar-refractivity contribution < 1.29 is 13.9 Å². The van der Waals surface area contributed by atoms with Crippen molar-refractivity contribution in [2.45, 2.75) is 19.9 Å². The molecule has 0 aliphatic carbocycles. The van der Waals surface area contributed by atoms with Crippen LogP contribution in [0.15, 0.2) is 47.6 Å². The number of rotatable bonds is 12. The maximum atomic E-state index is 13.4. The van der Waals surface area contributed by atoms with E-state index in [-0.39, 0.29) is 29.8 Å². The first-order valence-electron chi connectivity index (χ1n) is 10.2. The largest absolute Gasteiger partial charge is 0.439 e. The molecule has 0 bridgehead atoms. The van der Waals surface area contributed by atoms with Crippen molar-refractivity contribution in [1.82, 2.24) is 20.5 Å². The average molecular weight is 545 g/mol. The normalized spacial score (nSPS) is 11.2. The quantitative estimate of drug-likeness (QED) is 0.184. The van der Waals surface area contributed by atoms with E-state index >= 15 is 0 Å². The van der Waals surface area contributed by atoms with Gasteiger partial charge in [-0.05, 0) is 38.6 Å². The minimum Gasteiger partial charge on any atom is -0.439 e. The highest BCUT2D eigenvalue weighted by molar-refractivity contribution is 14.0. The van der Waals surface area contributed by atoms with Gasteiger partial charge in [-0.3, -0.25) is 0 Å². The highest BCUT2D eigenvalue weighted by Gasteiger charge is 2.07. The summed E-state index contributed by atoms with van der Waals surface area (Å²) in [5.41, 5.74) is 0.815. The van der Waals surface area contributed by atoms with Gasteiger partial charge in [0.15, 0.2) is 5.96 Å². The van der Waals surface area contributed by atoms with Crippen molar-refractivity contribution in [2.24, 2.45) is 4.99 Å². The van der Waals surface area contributed by atoms with E-state index in [2.05, 4.69) is 32.6 Å². The minimum atomic E-state index is -0.353. The zero-order valence-corrected chi connectivity index (χ0v) is 20.8. The Balaban J connectivity index is 0.00000480. The van der Waals surface area contributed by atoms with E-state index in [0.717, 1.165) is 50.7 Å². The Hall–Kier alpha value is -1.98. The van der Waals surface area contributed by atoms with Crippen LogP contribution in [0, 0.1) is 5.82 Å². The number of hydrogen-bond acceptors (Lipinski definition) is 5. The highest BCUT2D eigenvalue weighted by Crippen LogP contribution is 2.23. The van der Waals surface area contributed by atoms with Gasteiger partial charge in [0.05, 0.1) is 6.54 Å². The van der Waals surface area contributed by atoms with Crippen LogP contribution < -0.4 is 15.4 Å². The van der Waals surface area contributed by atoms with Gasteiger partial charge in [-0.15, -0.1) is 24.0 Å². The molecule has 0 spiro atoms. The second kappa shape index (κ2) is 15.8. The number of hydrogen-bond donors (Lipinski definition) is 2. The Kier molecular flexibility index (Phi) is 13.8. The summed E-state index contributed by atoms with van der Waals surface area (Å²) in [6.07, 6.45) is 2.65. The molecule has 31 heavy (non-hydrogen) atoms. The average Bonchev–Trinajstić information content (AvgIpc) is 2.73. The number of aliphatic imine (C=N–C) groups is 1. The fourth-order valence-corrected chi connectivity index (χ4v) is 2.74. The second-order valence-electron chi connectivity index (χ2n) is 6.80. The molecule has 9 heteroatoms. The van der Waals surface area contributed by atoms with Crippen molar-refractivity contribution in [1.29, 1.82) is 0 Å². The molecule has 1 aromatic carbocycles. The lowest BCUT2D eigenvalue weighted by Gasteiger charge is -2.18. The number of aromatic nitrogens is 1. The predicted octanol–water partition coefficient (Wildman–Crippen LogP) is 3.65. The van der Waals surface area contributed by atoms with Crippen LogP contribution in [0.4, 0.5) is 4.39 Å². The molecule has 2 aromatic rings.